The zero-order chi connectivity index (χ0) is 14.8. The topological polar surface area (TPSA) is 86.5 Å². The van der Waals surface area contributed by atoms with Crippen molar-refractivity contribution in [3.8, 4) is 6.19 Å². The lowest BCUT2D eigenvalue weighted by Crippen LogP contribution is -2.26. The number of benzene rings is 1. The van der Waals surface area contributed by atoms with E-state index in [0.717, 1.165) is 11.3 Å². The minimum Gasteiger partial charge on any atom is -0.469 e. The summed E-state index contributed by atoms with van der Waals surface area (Å²) in [5.74, 6) is 0.104. The summed E-state index contributed by atoms with van der Waals surface area (Å²) < 4.78 is 4.54. The maximum Gasteiger partial charge on any atom is 0.309 e. The molecule has 1 aromatic carbocycles. The summed E-state index contributed by atoms with van der Waals surface area (Å²) in [6, 6.07) is 7.47. The average molecular weight is 272 g/mol. The third-order valence-electron chi connectivity index (χ3n) is 2.39. The highest BCUT2D eigenvalue weighted by molar-refractivity contribution is 5.94. The van der Waals surface area contributed by atoms with Crippen molar-refractivity contribution in [2.45, 2.75) is 6.42 Å². The molecule has 0 aromatic heterocycles. The molecular weight excluding hydrogens is 256 g/mol. The minimum absolute atomic E-state index is 0.245. The third-order valence-corrected chi connectivity index (χ3v) is 2.39. The van der Waals surface area contributed by atoms with Crippen LogP contribution in [0.15, 0.2) is 35.3 Å². The molecule has 0 atom stereocenters. The quantitative estimate of drug-likeness (QED) is 0.286. The van der Waals surface area contributed by atoms with Crippen LogP contribution in [0.25, 0.3) is 6.08 Å². The first kappa shape index (κ1) is 15.2. The number of methoxy groups -OCH3 is 1. The van der Waals surface area contributed by atoms with E-state index in [1.54, 1.807) is 19.3 Å². The van der Waals surface area contributed by atoms with E-state index < -0.39 is 0 Å². The maximum atomic E-state index is 10.9. The summed E-state index contributed by atoms with van der Waals surface area (Å²) in [5, 5.41) is 13.9. The van der Waals surface area contributed by atoms with Crippen molar-refractivity contribution < 1.29 is 9.53 Å². The van der Waals surface area contributed by atoms with E-state index in [0.29, 0.717) is 5.96 Å². The van der Waals surface area contributed by atoms with Crippen LogP contribution >= 0.6 is 0 Å². The summed E-state index contributed by atoms with van der Waals surface area (Å²) >= 11 is 0. The Kier molecular flexibility index (Phi) is 6.34. The number of carbonyl (C=O) groups excluding carboxylic acids is 1. The van der Waals surface area contributed by atoms with Crippen LogP contribution in [-0.4, -0.2) is 26.1 Å². The largest absolute Gasteiger partial charge is 0.469 e. The lowest BCUT2D eigenvalue weighted by Gasteiger charge is -2.06. The number of rotatable bonds is 4. The number of aliphatic imine (C=N–C) groups is 1. The molecule has 1 rings (SSSR count). The van der Waals surface area contributed by atoms with Gasteiger partial charge in [-0.05, 0) is 17.7 Å². The SMILES string of the molecule is CN=C(NC#N)Nc1ccc(/C=C/CC(=O)OC)cc1. The molecule has 0 spiro atoms. The highest BCUT2D eigenvalue weighted by Gasteiger charge is 1.98. The van der Waals surface area contributed by atoms with E-state index in [2.05, 4.69) is 20.4 Å². The normalized spacial score (nSPS) is 10.9. The van der Waals surface area contributed by atoms with Crippen LogP contribution in [0.3, 0.4) is 0 Å². The number of hydrogen-bond donors (Lipinski definition) is 2. The Hall–Kier alpha value is -2.81. The summed E-state index contributed by atoms with van der Waals surface area (Å²) in [7, 11) is 2.94. The fourth-order valence-electron chi connectivity index (χ4n) is 1.38. The molecule has 6 nitrogen and oxygen atoms in total. The molecule has 0 saturated carbocycles. The van der Waals surface area contributed by atoms with Crippen LogP contribution < -0.4 is 10.6 Å². The van der Waals surface area contributed by atoms with Crippen LogP contribution in [0.2, 0.25) is 0 Å². The molecule has 6 heteroatoms. The molecule has 1 aromatic rings. The number of anilines is 1. The third kappa shape index (κ3) is 5.23. The second-order valence-electron chi connectivity index (χ2n) is 3.74. The van der Waals surface area contributed by atoms with Crippen molar-refractivity contribution >= 4 is 23.7 Å². The second kappa shape index (κ2) is 8.32. The fourth-order valence-corrected chi connectivity index (χ4v) is 1.38. The number of ether oxygens (including phenoxy) is 1. The number of nitrogens with zero attached hydrogens (tertiary/aromatic N) is 2. The number of guanidine groups is 1. The molecule has 20 heavy (non-hydrogen) atoms. The Morgan fingerprint density at radius 1 is 1.45 bits per heavy atom. The molecule has 0 heterocycles. The van der Waals surface area contributed by atoms with E-state index in [1.165, 1.54) is 7.11 Å². The lowest BCUT2D eigenvalue weighted by atomic mass is 10.2. The molecule has 0 aliphatic heterocycles. The van der Waals surface area contributed by atoms with Gasteiger partial charge in [0.25, 0.3) is 0 Å². The van der Waals surface area contributed by atoms with Crippen LogP contribution in [0.1, 0.15) is 12.0 Å². The van der Waals surface area contributed by atoms with Gasteiger partial charge in [-0.1, -0.05) is 24.3 Å². The van der Waals surface area contributed by atoms with E-state index in [9.17, 15) is 4.79 Å². The summed E-state index contributed by atoms with van der Waals surface area (Å²) in [6.07, 6.45) is 5.62. The van der Waals surface area contributed by atoms with Gasteiger partial charge in [-0.2, -0.15) is 5.26 Å². The molecular formula is C14H16N4O2. The van der Waals surface area contributed by atoms with Crippen molar-refractivity contribution in [1.29, 1.82) is 5.26 Å². The van der Waals surface area contributed by atoms with E-state index in [-0.39, 0.29) is 12.4 Å². The lowest BCUT2D eigenvalue weighted by molar-refractivity contribution is -0.139. The Labute approximate surface area is 117 Å². The number of nitrogens with one attached hydrogen (secondary N) is 2. The van der Waals surface area contributed by atoms with Gasteiger partial charge in [-0.25, -0.2) is 0 Å². The van der Waals surface area contributed by atoms with Gasteiger partial charge in [-0.3, -0.25) is 15.1 Å². The first-order valence-corrected chi connectivity index (χ1v) is 5.92. The molecule has 104 valence electrons. The molecule has 0 amide bonds. The van der Waals surface area contributed by atoms with E-state index in [4.69, 9.17) is 5.26 Å². The van der Waals surface area contributed by atoms with Gasteiger partial charge in [0.05, 0.1) is 13.5 Å². The highest BCUT2D eigenvalue weighted by atomic mass is 16.5. The molecule has 0 saturated heterocycles. The number of nitriles is 1. The van der Waals surface area contributed by atoms with Gasteiger partial charge < -0.3 is 10.1 Å². The number of esters is 1. The summed E-state index contributed by atoms with van der Waals surface area (Å²) in [4.78, 5) is 14.8. The average Bonchev–Trinajstić information content (AvgIpc) is 2.48. The molecule has 2 N–H and O–H groups in total. The molecule has 0 radical (unpaired) electrons. The van der Waals surface area contributed by atoms with Gasteiger partial charge in [0, 0.05) is 12.7 Å². The zero-order valence-electron chi connectivity index (χ0n) is 11.4. The second-order valence-corrected chi connectivity index (χ2v) is 3.74. The van der Waals surface area contributed by atoms with Crippen molar-refractivity contribution in [2.75, 3.05) is 19.5 Å². The Morgan fingerprint density at radius 2 is 2.15 bits per heavy atom. The molecule has 0 aliphatic rings. The smallest absolute Gasteiger partial charge is 0.309 e. The Balaban J connectivity index is 2.60. The van der Waals surface area contributed by atoms with E-state index in [1.807, 2.05) is 30.3 Å². The molecule has 0 unspecified atom stereocenters. The monoisotopic (exact) mass is 272 g/mol. The minimum atomic E-state index is -0.272. The van der Waals surface area contributed by atoms with Crippen LogP contribution in [-0.2, 0) is 9.53 Å². The first-order chi connectivity index (χ1) is 9.69. The van der Waals surface area contributed by atoms with Crippen molar-refractivity contribution in [2.24, 2.45) is 4.99 Å². The standard InChI is InChI=1S/C14H16N4O2/c1-16-14(17-10-15)18-12-8-6-11(7-9-12)4-3-5-13(19)20-2/h3-4,6-9H,5H2,1-2H3,(H2,16,17,18)/b4-3+. The maximum absolute atomic E-state index is 10.9. The predicted molar refractivity (Wildman–Crippen MR) is 77.8 cm³/mol. The van der Waals surface area contributed by atoms with E-state index >= 15 is 0 Å². The summed E-state index contributed by atoms with van der Waals surface area (Å²) in [5.41, 5.74) is 1.76. The van der Waals surface area contributed by atoms with Crippen molar-refractivity contribution in [3.63, 3.8) is 0 Å². The highest BCUT2D eigenvalue weighted by Crippen LogP contribution is 2.11. The number of carbonyl (C=O) groups is 1. The summed E-state index contributed by atoms with van der Waals surface area (Å²) in [6.45, 7) is 0. The van der Waals surface area contributed by atoms with Gasteiger partial charge >= 0.3 is 5.97 Å². The Bertz CT molecular complexity index is 541. The molecule has 0 bridgehead atoms. The first-order valence-electron chi connectivity index (χ1n) is 5.92. The number of hydrogen-bond acceptors (Lipinski definition) is 4. The zero-order valence-corrected chi connectivity index (χ0v) is 11.4. The Morgan fingerprint density at radius 3 is 2.70 bits per heavy atom. The van der Waals surface area contributed by atoms with Gasteiger partial charge in [0.15, 0.2) is 6.19 Å². The van der Waals surface area contributed by atoms with Crippen molar-refractivity contribution in [1.82, 2.24) is 5.32 Å². The van der Waals surface area contributed by atoms with Crippen LogP contribution in [0, 0.1) is 11.5 Å². The van der Waals surface area contributed by atoms with Crippen LogP contribution in [0.4, 0.5) is 5.69 Å². The van der Waals surface area contributed by atoms with Crippen molar-refractivity contribution in [3.05, 3.63) is 35.9 Å². The van der Waals surface area contributed by atoms with Gasteiger partial charge in [-0.15, -0.1) is 0 Å². The van der Waals surface area contributed by atoms with Gasteiger partial charge in [0.1, 0.15) is 0 Å². The van der Waals surface area contributed by atoms with Gasteiger partial charge in [0.2, 0.25) is 5.96 Å². The molecule has 0 fully saturated rings. The van der Waals surface area contributed by atoms with Crippen LogP contribution in [0.5, 0.6) is 0 Å². The fraction of sp³-hybridized carbons (Fsp3) is 0.214. The predicted octanol–water partition coefficient (Wildman–Crippen LogP) is 1.73. The molecule has 0 aliphatic carbocycles.